The molecule has 0 saturated heterocycles. The molecule has 0 aliphatic rings. The molecule has 0 aliphatic heterocycles. The number of nitrogens with two attached hydrogens (primary N) is 1. The molecule has 0 unspecified atom stereocenters. The Kier molecular flexibility index (Phi) is 7.66. The molecule has 0 heterocycles. The van der Waals surface area contributed by atoms with Crippen molar-refractivity contribution in [2.24, 2.45) is 0 Å². The van der Waals surface area contributed by atoms with Crippen LogP contribution in [-0.2, 0) is 4.74 Å². The van der Waals surface area contributed by atoms with Gasteiger partial charge in [-0.3, -0.25) is 4.79 Å². The van der Waals surface area contributed by atoms with Gasteiger partial charge in [-0.25, -0.2) is 0 Å². The maximum atomic E-state index is 11.8. The van der Waals surface area contributed by atoms with Crippen LogP contribution in [0.3, 0.4) is 0 Å². The number of nitrogens with one attached hydrogen (secondary N) is 1. The molecule has 0 atom stereocenters. The van der Waals surface area contributed by atoms with Crippen molar-refractivity contribution in [1.82, 2.24) is 5.32 Å². The van der Waals surface area contributed by atoms with E-state index in [0.717, 1.165) is 38.9 Å². The standard InChI is InChI=1S/C15H24N2O2/c1-2-19-12-8-4-3-7-11-17-15(18)13-9-5-6-10-14(13)16/h5-6,9-10H,2-4,7-8,11-12,16H2,1H3,(H,17,18). The van der Waals surface area contributed by atoms with Crippen LogP contribution < -0.4 is 11.1 Å². The Labute approximate surface area is 115 Å². The van der Waals surface area contributed by atoms with Crippen LogP contribution in [0.5, 0.6) is 0 Å². The van der Waals surface area contributed by atoms with E-state index in [9.17, 15) is 4.79 Å². The second-order valence-electron chi connectivity index (χ2n) is 4.45. The quantitative estimate of drug-likeness (QED) is 0.532. The zero-order valence-electron chi connectivity index (χ0n) is 11.7. The van der Waals surface area contributed by atoms with E-state index in [1.165, 1.54) is 0 Å². The molecule has 0 spiro atoms. The zero-order chi connectivity index (χ0) is 13.9. The first kappa shape index (κ1) is 15.5. The normalized spacial score (nSPS) is 10.4. The molecule has 0 fully saturated rings. The number of amides is 1. The highest BCUT2D eigenvalue weighted by Gasteiger charge is 2.07. The van der Waals surface area contributed by atoms with Gasteiger partial charge in [0.1, 0.15) is 0 Å². The van der Waals surface area contributed by atoms with E-state index in [-0.39, 0.29) is 5.91 Å². The molecule has 1 amide bonds. The highest BCUT2D eigenvalue weighted by Crippen LogP contribution is 2.09. The van der Waals surface area contributed by atoms with E-state index in [2.05, 4.69) is 5.32 Å². The van der Waals surface area contributed by atoms with Crippen molar-refractivity contribution in [3.8, 4) is 0 Å². The van der Waals surface area contributed by atoms with Gasteiger partial charge in [0.25, 0.3) is 5.91 Å². The summed E-state index contributed by atoms with van der Waals surface area (Å²) >= 11 is 0. The molecule has 0 aliphatic carbocycles. The van der Waals surface area contributed by atoms with E-state index in [0.29, 0.717) is 17.8 Å². The van der Waals surface area contributed by atoms with Gasteiger partial charge in [0.15, 0.2) is 0 Å². The van der Waals surface area contributed by atoms with Gasteiger partial charge < -0.3 is 15.8 Å². The fourth-order valence-electron chi connectivity index (χ4n) is 1.83. The first-order valence-electron chi connectivity index (χ1n) is 6.96. The molecule has 106 valence electrons. The van der Waals surface area contributed by atoms with Crippen molar-refractivity contribution in [3.63, 3.8) is 0 Å². The summed E-state index contributed by atoms with van der Waals surface area (Å²) in [6.07, 6.45) is 4.33. The fraction of sp³-hybridized carbons (Fsp3) is 0.533. The van der Waals surface area contributed by atoms with E-state index in [1.54, 1.807) is 12.1 Å². The highest BCUT2D eigenvalue weighted by atomic mass is 16.5. The van der Waals surface area contributed by atoms with Crippen molar-refractivity contribution >= 4 is 11.6 Å². The van der Waals surface area contributed by atoms with Gasteiger partial charge in [0, 0.05) is 25.4 Å². The molecule has 19 heavy (non-hydrogen) atoms. The number of carbonyl (C=O) groups is 1. The van der Waals surface area contributed by atoms with Gasteiger partial charge in [-0.2, -0.15) is 0 Å². The largest absolute Gasteiger partial charge is 0.398 e. The van der Waals surface area contributed by atoms with E-state index < -0.39 is 0 Å². The Morgan fingerprint density at radius 2 is 1.95 bits per heavy atom. The van der Waals surface area contributed by atoms with Crippen LogP contribution in [0, 0.1) is 0 Å². The SMILES string of the molecule is CCOCCCCCCNC(=O)c1ccccc1N. The number of para-hydroxylation sites is 1. The summed E-state index contributed by atoms with van der Waals surface area (Å²) in [5.41, 5.74) is 6.82. The molecule has 1 aromatic carbocycles. The number of rotatable bonds is 9. The van der Waals surface area contributed by atoms with Gasteiger partial charge in [0.05, 0.1) is 5.56 Å². The number of hydrogen-bond donors (Lipinski definition) is 2. The monoisotopic (exact) mass is 264 g/mol. The molecule has 0 aromatic heterocycles. The minimum atomic E-state index is -0.0904. The molecule has 4 nitrogen and oxygen atoms in total. The fourth-order valence-corrected chi connectivity index (χ4v) is 1.83. The Morgan fingerprint density at radius 3 is 2.68 bits per heavy atom. The molecule has 4 heteroatoms. The average molecular weight is 264 g/mol. The first-order chi connectivity index (χ1) is 9.25. The summed E-state index contributed by atoms with van der Waals surface area (Å²) in [6.45, 7) is 4.32. The van der Waals surface area contributed by atoms with Crippen LogP contribution in [0.1, 0.15) is 43.0 Å². The number of hydrogen-bond acceptors (Lipinski definition) is 3. The van der Waals surface area contributed by atoms with Gasteiger partial charge in [0.2, 0.25) is 0 Å². The lowest BCUT2D eigenvalue weighted by atomic mass is 10.1. The van der Waals surface area contributed by atoms with E-state index in [1.807, 2.05) is 19.1 Å². The van der Waals surface area contributed by atoms with Crippen molar-refractivity contribution in [2.75, 3.05) is 25.5 Å². The van der Waals surface area contributed by atoms with E-state index >= 15 is 0 Å². The second-order valence-corrected chi connectivity index (χ2v) is 4.45. The molecule has 3 N–H and O–H groups in total. The van der Waals surface area contributed by atoms with Crippen LogP contribution >= 0.6 is 0 Å². The highest BCUT2D eigenvalue weighted by molar-refractivity contribution is 5.98. The first-order valence-corrected chi connectivity index (χ1v) is 6.96. The lowest BCUT2D eigenvalue weighted by Crippen LogP contribution is -2.25. The summed E-state index contributed by atoms with van der Waals surface area (Å²) in [5, 5.41) is 2.89. The van der Waals surface area contributed by atoms with Crippen molar-refractivity contribution in [1.29, 1.82) is 0 Å². The van der Waals surface area contributed by atoms with Crippen molar-refractivity contribution < 1.29 is 9.53 Å². The molecule has 1 rings (SSSR count). The average Bonchev–Trinajstić information content (AvgIpc) is 2.42. The van der Waals surface area contributed by atoms with Crippen molar-refractivity contribution in [2.45, 2.75) is 32.6 Å². The number of nitrogen functional groups attached to an aromatic ring is 1. The number of carbonyl (C=O) groups excluding carboxylic acids is 1. The summed E-state index contributed by atoms with van der Waals surface area (Å²) in [4.78, 5) is 11.8. The lowest BCUT2D eigenvalue weighted by molar-refractivity contribution is 0.0953. The van der Waals surface area contributed by atoms with Crippen molar-refractivity contribution in [3.05, 3.63) is 29.8 Å². The summed E-state index contributed by atoms with van der Waals surface area (Å²) in [7, 11) is 0. The maximum Gasteiger partial charge on any atom is 0.253 e. The molecule has 0 bridgehead atoms. The third kappa shape index (κ3) is 6.25. The number of ether oxygens (including phenoxy) is 1. The molecular weight excluding hydrogens is 240 g/mol. The third-order valence-electron chi connectivity index (χ3n) is 2.91. The van der Waals surface area contributed by atoms with Gasteiger partial charge >= 0.3 is 0 Å². The molecule has 1 aromatic rings. The zero-order valence-corrected chi connectivity index (χ0v) is 11.7. The maximum absolute atomic E-state index is 11.8. The van der Waals surface area contributed by atoms with Crippen LogP contribution in [0.4, 0.5) is 5.69 Å². The summed E-state index contributed by atoms with van der Waals surface area (Å²) in [5.74, 6) is -0.0904. The van der Waals surface area contributed by atoms with Crippen LogP contribution in [0.25, 0.3) is 0 Å². The Bertz CT molecular complexity index is 380. The minimum absolute atomic E-state index is 0.0904. The predicted molar refractivity (Wildman–Crippen MR) is 78.1 cm³/mol. The third-order valence-corrected chi connectivity index (χ3v) is 2.91. The second kappa shape index (κ2) is 9.39. The Balaban J connectivity index is 2.10. The topological polar surface area (TPSA) is 64.3 Å². The molecule has 0 radical (unpaired) electrons. The smallest absolute Gasteiger partial charge is 0.253 e. The minimum Gasteiger partial charge on any atom is -0.398 e. The van der Waals surface area contributed by atoms with Gasteiger partial charge in [-0.15, -0.1) is 0 Å². The summed E-state index contributed by atoms with van der Waals surface area (Å²) in [6, 6.07) is 7.12. The molecule has 0 saturated carbocycles. The number of benzene rings is 1. The summed E-state index contributed by atoms with van der Waals surface area (Å²) < 4.78 is 5.27. The van der Waals surface area contributed by atoms with Crippen LogP contribution in [-0.4, -0.2) is 25.7 Å². The van der Waals surface area contributed by atoms with E-state index in [4.69, 9.17) is 10.5 Å². The van der Waals surface area contributed by atoms with Gasteiger partial charge in [-0.05, 0) is 31.9 Å². The lowest BCUT2D eigenvalue weighted by Gasteiger charge is -2.07. The number of unbranched alkanes of at least 4 members (excludes halogenated alkanes) is 3. The number of anilines is 1. The Hall–Kier alpha value is -1.55. The predicted octanol–water partition coefficient (Wildman–Crippen LogP) is 2.60. The van der Waals surface area contributed by atoms with Crippen LogP contribution in [0.2, 0.25) is 0 Å². The Morgan fingerprint density at radius 1 is 1.21 bits per heavy atom. The van der Waals surface area contributed by atoms with Gasteiger partial charge in [-0.1, -0.05) is 25.0 Å². The van der Waals surface area contributed by atoms with Crippen LogP contribution in [0.15, 0.2) is 24.3 Å². The molecular formula is C15H24N2O2.